The Bertz CT molecular complexity index is 620. The van der Waals surface area contributed by atoms with Crippen LogP contribution in [0.15, 0.2) is 18.2 Å². The van der Waals surface area contributed by atoms with Gasteiger partial charge in [0.1, 0.15) is 0 Å². The van der Waals surface area contributed by atoms with Gasteiger partial charge in [0.2, 0.25) is 11.8 Å². The predicted molar refractivity (Wildman–Crippen MR) is 90.5 cm³/mol. The SMILES string of the molecule is Cc1ccc(NC(=O)C[C@H]2N[C@H]3CCCC[C@H]3NC2=O)c(Cl)c1. The molecule has 2 amide bonds. The number of hydrogen-bond acceptors (Lipinski definition) is 3. The summed E-state index contributed by atoms with van der Waals surface area (Å²) in [5.41, 5.74) is 1.61. The van der Waals surface area contributed by atoms with Crippen molar-refractivity contribution >= 4 is 29.1 Å². The maximum absolute atomic E-state index is 12.2. The number of benzene rings is 1. The molecule has 0 radical (unpaired) electrons. The van der Waals surface area contributed by atoms with Crippen LogP contribution >= 0.6 is 11.6 Å². The Morgan fingerprint density at radius 3 is 2.78 bits per heavy atom. The molecule has 2 fully saturated rings. The van der Waals surface area contributed by atoms with Crippen LogP contribution in [0.25, 0.3) is 0 Å². The molecule has 1 aromatic carbocycles. The van der Waals surface area contributed by atoms with E-state index in [1.807, 2.05) is 13.0 Å². The molecule has 1 aromatic rings. The third-order valence-electron chi connectivity index (χ3n) is 4.61. The topological polar surface area (TPSA) is 70.2 Å². The number of carbonyl (C=O) groups is 2. The average molecular weight is 336 g/mol. The molecule has 124 valence electrons. The maximum Gasteiger partial charge on any atom is 0.237 e. The van der Waals surface area contributed by atoms with Crippen molar-refractivity contribution in [3.8, 4) is 0 Å². The number of amides is 2. The van der Waals surface area contributed by atoms with Crippen LogP contribution in [0.3, 0.4) is 0 Å². The lowest BCUT2D eigenvalue weighted by Gasteiger charge is -2.40. The zero-order valence-electron chi connectivity index (χ0n) is 13.2. The number of nitrogens with one attached hydrogen (secondary N) is 3. The smallest absolute Gasteiger partial charge is 0.237 e. The van der Waals surface area contributed by atoms with Gasteiger partial charge in [0, 0.05) is 12.1 Å². The van der Waals surface area contributed by atoms with Gasteiger partial charge in [-0.25, -0.2) is 0 Å². The van der Waals surface area contributed by atoms with Crippen molar-refractivity contribution in [2.24, 2.45) is 0 Å². The van der Waals surface area contributed by atoms with Gasteiger partial charge in [-0.15, -0.1) is 0 Å². The van der Waals surface area contributed by atoms with Gasteiger partial charge in [0.05, 0.1) is 23.2 Å². The van der Waals surface area contributed by atoms with Crippen LogP contribution in [0, 0.1) is 6.92 Å². The largest absolute Gasteiger partial charge is 0.350 e. The number of fused-ring (bicyclic) bond motifs is 1. The van der Waals surface area contributed by atoms with E-state index in [0.29, 0.717) is 10.7 Å². The minimum atomic E-state index is -0.474. The Kier molecular flexibility index (Phi) is 4.87. The lowest BCUT2D eigenvalue weighted by molar-refractivity contribution is -0.129. The van der Waals surface area contributed by atoms with Gasteiger partial charge < -0.3 is 16.0 Å². The van der Waals surface area contributed by atoms with Gasteiger partial charge in [0.15, 0.2) is 0 Å². The van der Waals surface area contributed by atoms with Crippen LogP contribution in [-0.2, 0) is 9.59 Å². The lowest BCUT2D eigenvalue weighted by Crippen LogP contribution is -2.65. The van der Waals surface area contributed by atoms with Crippen LogP contribution in [0.1, 0.15) is 37.7 Å². The van der Waals surface area contributed by atoms with Crippen molar-refractivity contribution in [2.45, 2.75) is 57.2 Å². The summed E-state index contributed by atoms with van der Waals surface area (Å²) in [4.78, 5) is 24.4. The van der Waals surface area contributed by atoms with E-state index >= 15 is 0 Å². The average Bonchev–Trinajstić information content (AvgIpc) is 2.51. The fourth-order valence-corrected chi connectivity index (χ4v) is 3.66. The summed E-state index contributed by atoms with van der Waals surface area (Å²) in [6.45, 7) is 1.94. The molecule has 5 nitrogen and oxygen atoms in total. The van der Waals surface area contributed by atoms with Crippen molar-refractivity contribution in [3.63, 3.8) is 0 Å². The van der Waals surface area contributed by atoms with Crippen molar-refractivity contribution < 1.29 is 9.59 Å². The number of hydrogen-bond donors (Lipinski definition) is 3. The molecular weight excluding hydrogens is 314 g/mol. The number of piperazine rings is 1. The molecule has 0 unspecified atom stereocenters. The van der Waals surface area contributed by atoms with Crippen molar-refractivity contribution in [2.75, 3.05) is 5.32 Å². The molecule has 0 aromatic heterocycles. The fourth-order valence-electron chi connectivity index (χ4n) is 3.38. The quantitative estimate of drug-likeness (QED) is 0.794. The molecule has 23 heavy (non-hydrogen) atoms. The first-order valence-electron chi connectivity index (χ1n) is 8.15. The third kappa shape index (κ3) is 3.85. The molecule has 0 spiro atoms. The van der Waals surface area contributed by atoms with E-state index in [1.54, 1.807) is 12.1 Å². The van der Waals surface area contributed by atoms with Gasteiger partial charge in [-0.2, -0.15) is 0 Å². The zero-order valence-corrected chi connectivity index (χ0v) is 14.0. The highest BCUT2D eigenvalue weighted by Gasteiger charge is 2.36. The molecule has 1 aliphatic carbocycles. The van der Waals surface area contributed by atoms with Crippen LogP contribution in [0.4, 0.5) is 5.69 Å². The summed E-state index contributed by atoms with van der Waals surface area (Å²) in [6.07, 6.45) is 4.50. The molecule has 2 aliphatic rings. The Balaban J connectivity index is 1.59. The molecule has 3 rings (SSSR count). The standard InChI is InChI=1S/C17H22ClN3O2/c1-10-6-7-12(11(18)8-10)20-16(22)9-15-17(23)21-14-5-3-2-4-13(14)19-15/h6-8,13-15,19H,2-5,9H2,1H3,(H,20,22)(H,21,23)/t13-,14+,15+/m0/s1. The highest BCUT2D eigenvalue weighted by Crippen LogP contribution is 2.24. The van der Waals surface area contributed by atoms with E-state index in [-0.39, 0.29) is 30.3 Å². The summed E-state index contributed by atoms with van der Waals surface area (Å²) in [5.74, 6) is -0.295. The normalized spacial score (nSPS) is 27.0. The minimum absolute atomic E-state index is 0.0849. The van der Waals surface area contributed by atoms with E-state index < -0.39 is 6.04 Å². The molecule has 1 aliphatic heterocycles. The van der Waals surface area contributed by atoms with Gasteiger partial charge in [-0.3, -0.25) is 9.59 Å². The van der Waals surface area contributed by atoms with Crippen molar-refractivity contribution in [1.29, 1.82) is 0 Å². The molecular formula is C17H22ClN3O2. The van der Waals surface area contributed by atoms with Crippen LogP contribution in [0.5, 0.6) is 0 Å². The number of halogens is 1. The summed E-state index contributed by atoms with van der Waals surface area (Å²) >= 11 is 6.13. The molecule has 1 saturated carbocycles. The Labute approximate surface area is 141 Å². The number of aryl methyl sites for hydroxylation is 1. The first-order chi connectivity index (χ1) is 11.0. The summed E-state index contributed by atoms with van der Waals surface area (Å²) in [5, 5.41) is 9.68. The Morgan fingerprint density at radius 2 is 2.04 bits per heavy atom. The first kappa shape index (κ1) is 16.3. The van der Waals surface area contributed by atoms with Gasteiger partial charge in [-0.05, 0) is 37.5 Å². The van der Waals surface area contributed by atoms with E-state index in [4.69, 9.17) is 11.6 Å². The van der Waals surface area contributed by atoms with Gasteiger partial charge in [-0.1, -0.05) is 30.5 Å². The van der Waals surface area contributed by atoms with E-state index in [2.05, 4.69) is 16.0 Å². The summed E-state index contributed by atoms with van der Waals surface area (Å²) in [7, 11) is 0. The first-order valence-corrected chi connectivity index (χ1v) is 8.53. The highest BCUT2D eigenvalue weighted by atomic mass is 35.5. The van der Waals surface area contributed by atoms with Crippen molar-refractivity contribution in [3.05, 3.63) is 28.8 Å². The Morgan fingerprint density at radius 1 is 1.30 bits per heavy atom. The maximum atomic E-state index is 12.2. The number of rotatable bonds is 3. The van der Waals surface area contributed by atoms with E-state index in [1.165, 1.54) is 6.42 Å². The second-order valence-electron chi connectivity index (χ2n) is 6.46. The minimum Gasteiger partial charge on any atom is -0.350 e. The summed E-state index contributed by atoms with van der Waals surface area (Å²) in [6, 6.07) is 5.48. The molecule has 1 saturated heterocycles. The number of carbonyl (C=O) groups excluding carboxylic acids is 2. The number of anilines is 1. The predicted octanol–water partition coefficient (Wildman–Crippen LogP) is 2.38. The fraction of sp³-hybridized carbons (Fsp3) is 0.529. The van der Waals surface area contributed by atoms with E-state index in [0.717, 1.165) is 24.8 Å². The van der Waals surface area contributed by atoms with Crippen LogP contribution in [-0.4, -0.2) is 29.9 Å². The molecule has 3 N–H and O–H groups in total. The second kappa shape index (κ2) is 6.89. The lowest BCUT2D eigenvalue weighted by atomic mass is 9.87. The molecule has 6 heteroatoms. The summed E-state index contributed by atoms with van der Waals surface area (Å²) < 4.78 is 0. The van der Waals surface area contributed by atoms with E-state index in [9.17, 15) is 9.59 Å². The second-order valence-corrected chi connectivity index (χ2v) is 6.87. The molecule has 1 heterocycles. The zero-order chi connectivity index (χ0) is 16.4. The van der Waals surface area contributed by atoms with Crippen LogP contribution < -0.4 is 16.0 Å². The van der Waals surface area contributed by atoms with Gasteiger partial charge in [0.25, 0.3) is 0 Å². The molecule has 0 bridgehead atoms. The third-order valence-corrected chi connectivity index (χ3v) is 4.93. The van der Waals surface area contributed by atoms with Gasteiger partial charge >= 0.3 is 0 Å². The van der Waals surface area contributed by atoms with Crippen molar-refractivity contribution in [1.82, 2.24) is 10.6 Å². The highest BCUT2D eigenvalue weighted by molar-refractivity contribution is 6.33. The van der Waals surface area contributed by atoms with Crippen LogP contribution in [0.2, 0.25) is 5.02 Å². The Hall–Kier alpha value is -1.59. The molecule has 3 atom stereocenters. The monoisotopic (exact) mass is 335 g/mol.